The van der Waals surface area contributed by atoms with Crippen LogP contribution >= 0.6 is 0 Å². The molecule has 1 atom stereocenters. The van der Waals surface area contributed by atoms with E-state index in [-0.39, 0.29) is 13.0 Å². The van der Waals surface area contributed by atoms with Gasteiger partial charge in [0.1, 0.15) is 11.6 Å². The van der Waals surface area contributed by atoms with Gasteiger partial charge in [-0.1, -0.05) is 0 Å². The summed E-state index contributed by atoms with van der Waals surface area (Å²) in [4.78, 5) is 22.4. The van der Waals surface area contributed by atoms with E-state index < -0.39 is 23.6 Å². The Morgan fingerprint density at radius 3 is 2.27 bits per heavy atom. The molecule has 0 spiro atoms. The lowest BCUT2D eigenvalue weighted by atomic mass is 10.1. The molecule has 0 aliphatic rings. The van der Waals surface area contributed by atoms with Gasteiger partial charge in [0.2, 0.25) is 0 Å². The first kappa shape index (κ1) is 13.9. The summed E-state index contributed by atoms with van der Waals surface area (Å²) in [6.45, 7) is 7.18. The number of carbonyl (C=O) groups is 2. The molecule has 0 fully saturated rings. The van der Waals surface area contributed by atoms with Crippen molar-refractivity contribution in [2.24, 2.45) is 5.73 Å². The van der Waals surface area contributed by atoms with Crippen LogP contribution in [0.5, 0.6) is 0 Å². The monoisotopic (exact) mass is 217 g/mol. The highest BCUT2D eigenvalue weighted by Crippen LogP contribution is 2.09. The molecule has 0 bridgehead atoms. The van der Waals surface area contributed by atoms with E-state index in [0.29, 0.717) is 0 Å². The number of hydrogen-bond donors (Lipinski definition) is 1. The zero-order valence-electron chi connectivity index (χ0n) is 9.70. The number of nitrogens with two attached hydrogens (primary N) is 1. The molecule has 0 aliphatic carbocycles. The first-order chi connectivity index (χ1) is 6.76. The van der Waals surface area contributed by atoms with Gasteiger partial charge < -0.3 is 15.2 Å². The largest absolute Gasteiger partial charge is 0.466 e. The molecular formula is C10H19NO4. The summed E-state index contributed by atoms with van der Waals surface area (Å²) >= 11 is 0. The van der Waals surface area contributed by atoms with Crippen molar-refractivity contribution in [3.8, 4) is 0 Å². The number of carbonyl (C=O) groups excluding carboxylic acids is 2. The van der Waals surface area contributed by atoms with Crippen LogP contribution in [0.15, 0.2) is 0 Å². The molecule has 5 nitrogen and oxygen atoms in total. The number of esters is 2. The second kappa shape index (κ2) is 5.70. The lowest BCUT2D eigenvalue weighted by Crippen LogP contribution is -2.39. The van der Waals surface area contributed by atoms with Gasteiger partial charge in [0, 0.05) is 0 Å². The van der Waals surface area contributed by atoms with Crippen LogP contribution in [0.4, 0.5) is 0 Å². The minimum atomic E-state index is -0.955. The second-order valence-corrected chi connectivity index (χ2v) is 4.15. The first-order valence-electron chi connectivity index (χ1n) is 4.90. The molecule has 0 aliphatic heterocycles. The Morgan fingerprint density at radius 2 is 1.87 bits per heavy atom. The predicted molar refractivity (Wildman–Crippen MR) is 55.1 cm³/mol. The summed E-state index contributed by atoms with van der Waals surface area (Å²) in [5.74, 6) is -1.08. The van der Waals surface area contributed by atoms with E-state index in [0.717, 1.165) is 0 Å². The average molecular weight is 217 g/mol. The van der Waals surface area contributed by atoms with E-state index in [1.807, 2.05) is 0 Å². The minimum Gasteiger partial charge on any atom is -0.466 e. The van der Waals surface area contributed by atoms with Crippen LogP contribution in [0.3, 0.4) is 0 Å². The lowest BCUT2D eigenvalue weighted by Gasteiger charge is -2.21. The van der Waals surface area contributed by atoms with Gasteiger partial charge in [-0.15, -0.1) is 0 Å². The summed E-state index contributed by atoms with van der Waals surface area (Å²) < 4.78 is 9.67. The molecule has 15 heavy (non-hydrogen) atoms. The maximum absolute atomic E-state index is 11.3. The van der Waals surface area contributed by atoms with Crippen LogP contribution < -0.4 is 5.73 Å². The third kappa shape index (κ3) is 6.90. The molecule has 0 heterocycles. The first-order valence-corrected chi connectivity index (χ1v) is 4.90. The Bertz CT molecular complexity index is 232. The SMILES string of the molecule is CCOC(=O)CC(N)C(=O)OC(C)(C)C. The van der Waals surface area contributed by atoms with Crippen molar-refractivity contribution in [1.29, 1.82) is 0 Å². The Labute approximate surface area is 89.9 Å². The molecule has 0 aromatic rings. The van der Waals surface area contributed by atoms with Gasteiger partial charge >= 0.3 is 11.9 Å². The summed E-state index contributed by atoms with van der Waals surface area (Å²) in [7, 11) is 0. The molecule has 1 unspecified atom stereocenters. The van der Waals surface area contributed by atoms with Crippen molar-refractivity contribution in [1.82, 2.24) is 0 Å². The van der Waals surface area contributed by atoms with E-state index >= 15 is 0 Å². The summed E-state index contributed by atoms with van der Waals surface area (Å²) in [5, 5.41) is 0. The van der Waals surface area contributed by atoms with Gasteiger partial charge in [0.05, 0.1) is 13.0 Å². The highest BCUT2D eigenvalue weighted by atomic mass is 16.6. The molecule has 0 aromatic heterocycles. The third-order valence-corrected chi connectivity index (χ3v) is 1.40. The molecule has 5 heteroatoms. The number of hydrogen-bond acceptors (Lipinski definition) is 5. The molecule has 0 amide bonds. The van der Waals surface area contributed by atoms with Crippen LogP contribution in [0.2, 0.25) is 0 Å². The van der Waals surface area contributed by atoms with Gasteiger partial charge in [-0.05, 0) is 27.7 Å². The Kier molecular flexibility index (Phi) is 5.28. The van der Waals surface area contributed by atoms with Crippen molar-refractivity contribution in [3.63, 3.8) is 0 Å². The zero-order valence-corrected chi connectivity index (χ0v) is 9.70. The van der Waals surface area contributed by atoms with Gasteiger partial charge in [-0.25, -0.2) is 0 Å². The Balaban J connectivity index is 4.05. The molecule has 0 radical (unpaired) electrons. The minimum absolute atomic E-state index is 0.150. The maximum Gasteiger partial charge on any atom is 0.324 e. The number of ether oxygens (including phenoxy) is 2. The van der Waals surface area contributed by atoms with Crippen LogP contribution in [0.25, 0.3) is 0 Å². The molecule has 0 saturated heterocycles. The van der Waals surface area contributed by atoms with Gasteiger partial charge in [0.15, 0.2) is 0 Å². The average Bonchev–Trinajstić information content (AvgIpc) is 2.00. The molecular weight excluding hydrogens is 198 g/mol. The van der Waals surface area contributed by atoms with Gasteiger partial charge in [0.25, 0.3) is 0 Å². The van der Waals surface area contributed by atoms with Crippen molar-refractivity contribution in [3.05, 3.63) is 0 Å². The fourth-order valence-corrected chi connectivity index (χ4v) is 0.860. The lowest BCUT2D eigenvalue weighted by molar-refractivity contribution is -0.159. The van der Waals surface area contributed by atoms with E-state index in [4.69, 9.17) is 10.5 Å². The number of rotatable bonds is 4. The maximum atomic E-state index is 11.3. The highest BCUT2D eigenvalue weighted by molar-refractivity contribution is 5.82. The zero-order chi connectivity index (χ0) is 12.1. The van der Waals surface area contributed by atoms with E-state index in [1.54, 1.807) is 27.7 Å². The van der Waals surface area contributed by atoms with Gasteiger partial charge in [-0.2, -0.15) is 0 Å². The predicted octanol–water partition coefficient (Wildman–Crippen LogP) is 0.609. The van der Waals surface area contributed by atoms with Crippen LogP contribution in [0, 0.1) is 0 Å². The summed E-state index contributed by atoms with van der Waals surface area (Å²) in [6.07, 6.45) is -0.150. The third-order valence-electron chi connectivity index (χ3n) is 1.40. The quantitative estimate of drug-likeness (QED) is 0.698. The second-order valence-electron chi connectivity index (χ2n) is 4.15. The summed E-state index contributed by atoms with van der Waals surface area (Å²) in [6, 6.07) is -0.955. The Morgan fingerprint density at radius 1 is 1.33 bits per heavy atom. The molecule has 0 aromatic carbocycles. The standard InChI is InChI=1S/C10H19NO4/c1-5-14-8(12)6-7(11)9(13)15-10(2,3)4/h7H,5-6,11H2,1-4H3. The van der Waals surface area contributed by atoms with E-state index in [1.165, 1.54) is 0 Å². The molecule has 0 rings (SSSR count). The topological polar surface area (TPSA) is 78.6 Å². The molecule has 2 N–H and O–H groups in total. The van der Waals surface area contributed by atoms with Crippen LogP contribution in [-0.2, 0) is 19.1 Å². The smallest absolute Gasteiger partial charge is 0.324 e. The van der Waals surface area contributed by atoms with Crippen LogP contribution in [0.1, 0.15) is 34.1 Å². The molecule has 0 saturated carbocycles. The van der Waals surface area contributed by atoms with Crippen molar-refractivity contribution >= 4 is 11.9 Å². The Hall–Kier alpha value is -1.10. The molecule has 88 valence electrons. The van der Waals surface area contributed by atoms with Gasteiger partial charge in [-0.3, -0.25) is 9.59 Å². The van der Waals surface area contributed by atoms with Crippen molar-refractivity contribution in [2.45, 2.75) is 45.8 Å². The fraction of sp³-hybridized carbons (Fsp3) is 0.800. The normalized spacial score (nSPS) is 13.1. The van der Waals surface area contributed by atoms with Crippen molar-refractivity contribution < 1.29 is 19.1 Å². The van der Waals surface area contributed by atoms with E-state index in [9.17, 15) is 9.59 Å². The fourth-order valence-electron chi connectivity index (χ4n) is 0.860. The van der Waals surface area contributed by atoms with Crippen LogP contribution in [-0.4, -0.2) is 30.2 Å². The summed E-state index contributed by atoms with van der Waals surface area (Å²) in [5.41, 5.74) is 4.89. The van der Waals surface area contributed by atoms with Crippen molar-refractivity contribution in [2.75, 3.05) is 6.61 Å². The van der Waals surface area contributed by atoms with E-state index in [2.05, 4.69) is 4.74 Å². The highest BCUT2D eigenvalue weighted by Gasteiger charge is 2.24.